The van der Waals surface area contributed by atoms with Crippen molar-refractivity contribution in [2.75, 3.05) is 13.2 Å². The smallest absolute Gasteiger partial charge is 0.126 e. The lowest BCUT2D eigenvalue weighted by molar-refractivity contribution is 0.162. The Hall–Kier alpha value is -1.09. The van der Waals surface area contributed by atoms with Crippen LogP contribution in [-0.2, 0) is 4.74 Å². The lowest BCUT2D eigenvalue weighted by Crippen LogP contribution is -1.84. The number of phenols is 1. The van der Waals surface area contributed by atoms with E-state index in [1.54, 1.807) is 0 Å². The zero-order chi connectivity index (χ0) is 10.1. The Morgan fingerprint density at radius 1 is 1.31 bits per heavy atom. The van der Waals surface area contributed by atoms with Gasteiger partial charge in [0.05, 0.1) is 0 Å². The molecule has 0 aliphatic carbocycles. The maximum absolute atomic E-state index is 12.0. The Labute approximate surface area is 78.0 Å². The van der Waals surface area contributed by atoms with Crippen LogP contribution in [-0.4, -0.2) is 18.3 Å². The van der Waals surface area contributed by atoms with Gasteiger partial charge in [-0.05, 0) is 26.0 Å². The first-order valence-corrected chi connectivity index (χ1v) is 4.23. The lowest BCUT2D eigenvalue weighted by atomic mass is 10.3. The molecule has 0 radical (unpaired) electrons. The van der Waals surface area contributed by atoms with E-state index in [1.807, 2.05) is 13.8 Å². The Bertz CT molecular complexity index is 207. The van der Waals surface area contributed by atoms with Crippen LogP contribution < -0.4 is 0 Å². The molecule has 1 N–H and O–H groups in total. The zero-order valence-electron chi connectivity index (χ0n) is 7.96. The lowest BCUT2D eigenvalue weighted by Gasteiger charge is -1.86. The normalized spacial score (nSPS) is 8.85. The largest absolute Gasteiger partial charge is 0.508 e. The van der Waals surface area contributed by atoms with Crippen LogP contribution in [0.4, 0.5) is 4.39 Å². The van der Waals surface area contributed by atoms with E-state index in [-0.39, 0.29) is 5.75 Å². The molecule has 0 saturated carbocycles. The molecular weight excluding hydrogens is 171 g/mol. The van der Waals surface area contributed by atoms with Crippen molar-refractivity contribution in [2.24, 2.45) is 0 Å². The molecule has 1 rings (SSSR count). The quantitative estimate of drug-likeness (QED) is 0.769. The van der Waals surface area contributed by atoms with Crippen LogP contribution in [0.5, 0.6) is 5.75 Å². The van der Waals surface area contributed by atoms with Gasteiger partial charge in [-0.2, -0.15) is 0 Å². The fourth-order valence-corrected chi connectivity index (χ4v) is 0.680. The molecule has 0 aromatic heterocycles. The van der Waals surface area contributed by atoms with Gasteiger partial charge in [0.2, 0.25) is 0 Å². The third-order valence-corrected chi connectivity index (χ3v) is 1.22. The molecule has 0 fully saturated rings. The molecule has 0 unspecified atom stereocenters. The zero-order valence-corrected chi connectivity index (χ0v) is 7.96. The number of ether oxygens (including phenoxy) is 1. The minimum atomic E-state index is -0.412. The SMILES string of the molecule is CCOCC.Oc1cccc(F)c1. The van der Waals surface area contributed by atoms with Crippen molar-refractivity contribution in [1.29, 1.82) is 0 Å². The van der Waals surface area contributed by atoms with Crippen LogP contribution in [0.15, 0.2) is 24.3 Å². The van der Waals surface area contributed by atoms with Crippen molar-refractivity contribution in [3.8, 4) is 5.75 Å². The van der Waals surface area contributed by atoms with Crippen LogP contribution in [0, 0.1) is 5.82 Å². The van der Waals surface area contributed by atoms with Crippen molar-refractivity contribution in [3.63, 3.8) is 0 Å². The molecule has 0 atom stereocenters. The maximum Gasteiger partial charge on any atom is 0.126 e. The van der Waals surface area contributed by atoms with Crippen molar-refractivity contribution in [2.45, 2.75) is 13.8 Å². The van der Waals surface area contributed by atoms with Crippen LogP contribution in [0.2, 0.25) is 0 Å². The average Bonchev–Trinajstić information content (AvgIpc) is 2.06. The highest BCUT2D eigenvalue weighted by Crippen LogP contribution is 2.07. The molecule has 0 spiro atoms. The Kier molecular flexibility index (Phi) is 6.92. The molecule has 0 aliphatic rings. The monoisotopic (exact) mass is 186 g/mol. The Morgan fingerprint density at radius 2 is 1.92 bits per heavy atom. The molecule has 13 heavy (non-hydrogen) atoms. The van der Waals surface area contributed by atoms with Gasteiger partial charge in [0.1, 0.15) is 11.6 Å². The topological polar surface area (TPSA) is 29.5 Å². The van der Waals surface area contributed by atoms with Crippen LogP contribution in [0.25, 0.3) is 0 Å². The van der Waals surface area contributed by atoms with Gasteiger partial charge in [0.25, 0.3) is 0 Å². The highest BCUT2D eigenvalue weighted by atomic mass is 19.1. The second-order valence-electron chi connectivity index (χ2n) is 2.26. The van der Waals surface area contributed by atoms with Crippen LogP contribution >= 0.6 is 0 Å². The van der Waals surface area contributed by atoms with E-state index in [0.717, 1.165) is 19.3 Å². The van der Waals surface area contributed by atoms with Crippen LogP contribution in [0.1, 0.15) is 13.8 Å². The third kappa shape index (κ3) is 7.28. The molecule has 0 aliphatic heterocycles. The molecule has 74 valence electrons. The highest BCUT2D eigenvalue weighted by Gasteiger charge is 1.86. The van der Waals surface area contributed by atoms with E-state index in [1.165, 1.54) is 18.2 Å². The van der Waals surface area contributed by atoms with Gasteiger partial charge in [-0.25, -0.2) is 4.39 Å². The molecule has 3 heteroatoms. The minimum absolute atomic E-state index is 0.0370. The molecule has 2 nitrogen and oxygen atoms in total. The molecule has 0 amide bonds. The predicted molar refractivity (Wildman–Crippen MR) is 50.2 cm³/mol. The third-order valence-electron chi connectivity index (χ3n) is 1.22. The fraction of sp³-hybridized carbons (Fsp3) is 0.400. The van der Waals surface area contributed by atoms with Crippen molar-refractivity contribution >= 4 is 0 Å². The number of hydrogen-bond donors (Lipinski definition) is 1. The summed E-state index contributed by atoms with van der Waals surface area (Å²) in [5.74, 6) is -0.449. The number of phenolic OH excluding ortho intramolecular Hbond substituents is 1. The van der Waals surface area contributed by atoms with Gasteiger partial charge < -0.3 is 9.84 Å². The van der Waals surface area contributed by atoms with E-state index < -0.39 is 5.82 Å². The molecule has 1 aromatic carbocycles. The Morgan fingerprint density at radius 3 is 2.15 bits per heavy atom. The van der Waals surface area contributed by atoms with Gasteiger partial charge in [-0.15, -0.1) is 0 Å². The summed E-state index contributed by atoms with van der Waals surface area (Å²) in [7, 11) is 0. The molecule has 0 bridgehead atoms. The molecule has 0 heterocycles. The summed E-state index contributed by atoms with van der Waals surface area (Å²) in [6.45, 7) is 5.67. The second-order valence-corrected chi connectivity index (χ2v) is 2.26. The first-order chi connectivity index (χ1) is 6.20. The van der Waals surface area contributed by atoms with E-state index in [0.29, 0.717) is 0 Å². The van der Waals surface area contributed by atoms with Gasteiger partial charge in [0.15, 0.2) is 0 Å². The van der Waals surface area contributed by atoms with Gasteiger partial charge in [-0.1, -0.05) is 6.07 Å². The molecule has 0 saturated heterocycles. The number of halogens is 1. The van der Waals surface area contributed by atoms with E-state index in [2.05, 4.69) is 0 Å². The Balaban J connectivity index is 0.000000252. The van der Waals surface area contributed by atoms with Crippen molar-refractivity contribution < 1.29 is 14.2 Å². The molecular formula is C10H15FO2. The standard InChI is InChI=1S/C6H5FO.C4H10O/c7-5-2-1-3-6(8)4-5;1-3-5-4-2/h1-4,8H;3-4H2,1-2H3. The fourth-order valence-electron chi connectivity index (χ4n) is 0.680. The van der Waals surface area contributed by atoms with Gasteiger partial charge in [-0.3, -0.25) is 0 Å². The maximum atomic E-state index is 12.0. The minimum Gasteiger partial charge on any atom is -0.508 e. The highest BCUT2D eigenvalue weighted by molar-refractivity contribution is 5.20. The predicted octanol–water partition coefficient (Wildman–Crippen LogP) is 2.57. The average molecular weight is 186 g/mol. The number of rotatable bonds is 2. The molecule has 1 aromatic rings. The summed E-state index contributed by atoms with van der Waals surface area (Å²) < 4.78 is 16.8. The van der Waals surface area contributed by atoms with Crippen LogP contribution in [0.3, 0.4) is 0 Å². The summed E-state index contributed by atoms with van der Waals surface area (Å²) >= 11 is 0. The van der Waals surface area contributed by atoms with Crippen molar-refractivity contribution in [3.05, 3.63) is 30.1 Å². The summed E-state index contributed by atoms with van der Waals surface area (Å²) in [6.07, 6.45) is 0. The number of aromatic hydroxyl groups is 1. The van der Waals surface area contributed by atoms with E-state index >= 15 is 0 Å². The number of hydrogen-bond acceptors (Lipinski definition) is 2. The van der Waals surface area contributed by atoms with Crippen molar-refractivity contribution in [1.82, 2.24) is 0 Å². The summed E-state index contributed by atoms with van der Waals surface area (Å²) in [5, 5.41) is 8.57. The van der Waals surface area contributed by atoms with E-state index in [4.69, 9.17) is 9.84 Å². The van der Waals surface area contributed by atoms with Gasteiger partial charge >= 0.3 is 0 Å². The van der Waals surface area contributed by atoms with E-state index in [9.17, 15) is 4.39 Å². The van der Waals surface area contributed by atoms with Gasteiger partial charge in [0, 0.05) is 19.3 Å². The summed E-state index contributed by atoms with van der Waals surface area (Å²) in [5.41, 5.74) is 0. The number of benzene rings is 1. The summed E-state index contributed by atoms with van der Waals surface area (Å²) in [6, 6.07) is 5.20. The second kappa shape index (κ2) is 7.55. The first-order valence-electron chi connectivity index (χ1n) is 4.23. The first kappa shape index (κ1) is 11.9. The summed E-state index contributed by atoms with van der Waals surface area (Å²) in [4.78, 5) is 0.